The van der Waals surface area contributed by atoms with E-state index in [4.69, 9.17) is 46.0 Å². The number of rotatable bonds is 52. The summed E-state index contributed by atoms with van der Waals surface area (Å²) in [4.78, 5) is 236. The zero-order valence-electron chi connectivity index (χ0n) is 77.4. The van der Waals surface area contributed by atoms with E-state index in [2.05, 4.69) is 42.5 Å². The van der Waals surface area contributed by atoms with Crippen LogP contribution < -0.4 is 54.0 Å². The fraction of sp³-hybridized carbons (Fsp3) is 0.581. The molecule has 3 aromatic rings. The number of ketones is 5. The Morgan fingerprint density at radius 2 is 1.19 bits per heavy atom. The van der Waals surface area contributed by atoms with E-state index in [-0.39, 0.29) is 109 Å². The van der Waals surface area contributed by atoms with E-state index in [1.807, 2.05) is 0 Å². The van der Waals surface area contributed by atoms with Crippen LogP contribution in [0.15, 0.2) is 102 Å². The van der Waals surface area contributed by atoms with Gasteiger partial charge in [0.2, 0.25) is 35.6 Å². The van der Waals surface area contributed by atoms with Crippen molar-refractivity contribution >= 4 is 134 Å². The number of amides is 6. The second kappa shape index (κ2) is 49.6. The van der Waals surface area contributed by atoms with Crippen LogP contribution in [0.4, 0.5) is 0 Å². The predicted molar refractivity (Wildman–Crippen MR) is 489 cm³/mol. The van der Waals surface area contributed by atoms with Gasteiger partial charge in [-0.1, -0.05) is 144 Å². The van der Waals surface area contributed by atoms with Gasteiger partial charge in [0, 0.05) is 119 Å². The number of Topliss-reactive ketones (excluding diaryl/α,β-unsaturated/α-hetero) is 5. The minimum atomic E-state index is -2.54. The molecule has 2 bridgehead atoms. The first-order chi connectivity index (χ1) is 63.0. The van der Waals surface area contributed by atoms with Gasteiger partial charge in [0.25, 0.3) is 5.91 Å². The lowest BCUT2D eigenvalue weighted by atomic mass is 9.44. The van der Waals surface area contributed by atoms with Gasteiger partial charge in [-0.15, -0.1) is 0 Å². The summed E-state index contributed by atoms with van der Waals surface area (Å²) in [6.45, 7) is 17.0. The lowest BCUT2D eigenvalue weighted by Gasteiger charge is -2.66. The molecule has 3 aliphatic carbocycles. The zero-order chi connectivity index (χ0) is 99.6. The van der Waals surface area contributed by atoms with E-state index in [9.17, 15) is 97.5 Å². The number of carboxylic acids is 2. The fourth-order valence-electron chi connectivity index (χ4n) is 17.6. The van der Waals surface area contributed by atoms with Crippen LogP contribution in [0.3, 0.4) is 0 Å². The molecule has 19 N–H and O–H groups in total. The van der Waals surface area contributed by atoms with Crippen LogP contribution >= 0.6 is 21.6 Å². The number of esters is 4. The second-order valence-electron chi connectivity index (χ2n) is 36.2. The molecule has 2 saturated carbocycles. The van der Waals surface area contributed by atoms with Crippen LogP contribution in [0.2, 0.25) is 0 Å². The SMILES string of the molecule is CC(=O)N[C@@H](CSSCCCC(=O)O[C@@H](C(=O)O[C@H]1C[C@@]2(O)[C@@H](OC(=O)c3ccccc3)[C@@H]3[C@]4(O)CO[C@@H]4C[C@H](O)[C@@]3(C)C(=O)[C@H](OC(C)=O)C(=C1C)C2(C)C)[C@@H](NC(=O)c1ccccc1)c1ccccc1)C(=O)CCC(=O)N[C@H](C(=O)CC(C(=O)N[C@H](C(=O)C[C@@H](CCCNC(=N)N)C(=O)NCC(=O)C[C@@H](CC(=O)O)C(=O)N[C@@H](CCCNC(=N)N)C(=O)O)C(C)C)C(C)C)C(C)C. The van der Waals surface area contributed by atoms with Crippen molar-refractivity contribution in [2.75, 3.05) is 37.7 Å². The molecule has 4 aliphatic rings. The molecule has 39 nitrogen and oxygen atoms in total. The van der Waals surface area contributed by atoms with E-state index < -0.39 is 289 Å². The number of nitrogens with one attached hydrogen (secondary N) is 10. The van der Waals surface area contributed by atoms with E-state index in [0.717, 1.165) is 17.7 Å². The molecule has 1 heterocycles. The van der Waals surface area contributed by atoms with Gasteiger partial charge in [-0.2, -0.15) is 0 Å². The van der Waals surface area contributed by atoms with Crippen LogP contribution in [0.5, 0.6) is 0 Å². The Hall–Kier alpha value is -11.5. The largest absolute Gasteiger partial charge is 0.481 e. The van der Waals surface area contributed by atoms with Gasteiger partial charge in [-0.3, -0.25) is 77.9 Å². The molecule has 7 rings (SSSR count). The van der Waals surface area contributed by atoms with Gasteiger partial charge < -0.3 is 103 Å². The van der Waals surface area contributed by atoms with Crippen LogP contribution in [0.25, 0.3) is 0 Å². The molecular weight excluding hydrogens is 1780 g/mol. The molecular formula is C93H128N12O27S2. The average molecular weight is 1910 g/mol. The van der Waals surface area contributed by atoms with E-state index in [1.165, 1.54) is 69.7 Å². The Labute approximate surface area is 785 Å². The first-order valence-corrected chi connectivity index (χ1v) is 47.1. The number of guanidine groups is 2. The summed E-state index contributed by atoms with van der Waals surface area (Å²) in [5, 5.41) is 93.9. The van der Waals surface area contributed by atoms with Crippen molar-refractivity contribution in [1.29, 1.82) is 10.8 Å². The standard InChI is InChI=1S/C93H128N12O27S2/c1-48(2)60(84(121)104-74(50(5)6)64(110)40-57(31-22-36-98-88(94)95)81(118)100-45-59(108)39-58(41-70(114)115)83(120)102-61(85(122)123)32-23-37-99-89(96)97)42-65(111)73(49(3)4)103-69(113)35-34-63(109)62(101-52(8)106)46-134-133-38-24-33-71(116)131-77(75(54-25-16-13-17-26-54)105-82(119)55-27-18-14-19-28-55)87(125)130-66-44-93(127)80(132-86(124)56-29-20-15-21-30-56)78-91(12,67(112)43-68-92(78,126)47-128-68)79(117)76(129-53(9)107)72(51(66)7)90(93,10)11/h13-21,25-30,48-50,57-58,60-62,66-68,73-78,80,112,126-127H,22-24,31-47H2,1-12H3,(H,100,118)(H,101,106)(H,102,120)(H,103,113)(H,104,121)(H,105,119)(H,114,115)(H,122,123)(H4,94,95,98)(H4,96,97,99)/t57-,58+,60?,61+,62+,66+,67+,68-,73+,74+,75+,76-,77-,78+,80+,91-,92+,93-/m1/s1. The first-order valence-electron chi connectivity index (χ1n) is 44.6. The number of hydrogen-bond donors (Lipinski definition) is 17. The lowest BCUT2D eigenvalue weighted by Crippen LogP contribution is -2.81. The van der Waals surface area contributed by atoms with Crippen molar-refractivity contribution in [3.63, 3.8) is 0 Å². The quantitative estimate of drug-likeness (QED) is 0.00720. The molecule has 0 spiro atoms. The highest BCUT2D eigenvalue weighted by molar-refractivity contribution is 8.76. The third-order valence-corrected chi connectivity index (χ3v) is 27.6. The second-order valence-corrected chi connectivity index (χ2v) is 38.8. The van der Waals surface area contributed by atoms with Crippen molar-refractivity contribution in [3.8, 4) is 0 Å². The monoisotopic (exact) mass is 1910 g/mol. The number of benzene rings is 3. The Kier molecular flexibility index (Phi) is 40.6. The molecule has 1 saturated heterocycles. The van der Waals surface area contributed by atoms with Crippen molar-refractivity contribution < 1.29 is 131 Å². The molecule has 6 amide bonds. The van der Waals surface area contributed by atoms with E-state index in [1.54, 1.807) is 108 Å². The maximum Gasteiger partial charge on any atom is 0.350 e. The Morgan fingerprint density at radius 3 is 1.75 bits per heavy atom. The van der Waals surface area contributed by atoms with Crippen LogP contribution in [0, 0.1) is 63.1 Å². The maximum atomic E-state index is 15.8. The van der Waals surface area contributed by atoms with Crippen molar-refractivity contribution in [1.82, 2.24) is 42.5 Å². The van der Waals surface area contributed by atoms with Gasteiger partial charge in [-0.05, 0) is 105 Å². The van der Waals surface area contributed by atoms with Crippen LogP contribution in [0.1, 0.15) is 205 Å². The zero-order valence-corrected chi connectivity index (χ0v) is 79.0. The number of carbonyl (C=O) groups excluding carboxylic acids is 15. The molecule has 41 heteroatoms. The maximum absolute atomic E-state index is 15.8. The fourth-order valence-corrected chi connectivity index (χ4v) is 19.9. The lowest BCUT2D eigenvalue weighted by molar-refractivity contribution is -0.343. The molecule has 734 valence electrons. The number of carboxylic acid groups (broad SMARTS) is 2. The Balaban J connectivity index is 1.00. The topological polar surface area (TPSA) is 633 Å². The molecule has 134 heavy (non-hydrogen) atoms. The van der Waals surface area contributed by atoms with Gasteiger partial charge in [0.15, 0.2) is 46.9 Å². The van der Waals surface area contributed by atoms with Crippen LogP contribution in [-0.2, 0) is 95.6 Å². The summed E-state index contributed by atoms with van der Waals surface area (Å²) in [5.41, 5.74) is 2.48. The summed E-state index contributed by atoms with van der Waals surface area (Å²) in [5.74, 6) is -23.1. The molecule has 0 aromatic heterocycles. The van der Waals surface area contributed by atoms with Crippen molar-refractivity contribution in [2.24, 2.45) is 63.7 Å². The van der Waals surface area contributed by atoms with Gasteiger partial charge in [0.1, 0.15) is 35.5 Å². The van der Waals surface area contributed by atoms with Gasteiger partial charge in [-0.25, -0.2) is 14.4 Å². The highest BCUT2D eigenvalue weighted by Crippen LogP contribution is 2.64. The minimum Gasteiger partial charge on any atom is -0.481 e. The summed E-state index contributed by atoms with van der Waals surface area (Å²) in [6.07, 6.45) is -15.0. The van der Waals surface area contributed by atoms with E-state index >= 15 is 9.59 Å². The van der Waals surface area contributed by atoms with Crippen molar-refractivity contribution in [3.05, 3.63) is 119 Å². The number of aliphatic hydroxyl groups excluding tert-OH is 1. The van der Waals surface area contributed by atoms with E-state index in [0.29, 0.717) is 0 Å². The molecule has 1 aliphatic heterocycles. The molecule has 3 aromatic carbocycles. The normalized spacial score (nSPS) is 22.4. The third kappa shape index (κ3) is 29.0. The summed E-state index contributed by atoms with van der Waals surface area (Å²) >= 11 is 0. The Morgan fingerprint density at radius 1 is 0.612 bits per heavy atom. The minimum absolute atomic E-state index is 0.00152. The molecule has 3 fully saturated rings. The van der Waals surface area contributed by atoms with Gasteiger partial charge in [0.05, 0.1) is 66.8 Å². The summed E-state index contributed by atoms with van der Waals surface area (Å²) in [6, 6.07) is 16.9. The van der Waals surface area contributed by atoms with Crippen LogP contribution in [-0.4, -0.2) is 247 Å². The van der Waals surface area contributed by atoms with Gasteiger partial charge >= 0.3 is 35.8 Å². The summed E-state index contributed by atoms with van der Waals surface area (Å²) in [7, 11) is 2.33. The number of hydrogen-bond acceptors (Lipinski definition) is 29. The molecule has 1 unspecified atom stereocenters. The highest BCUT2D eigenvalue weighted by atomic mass is 33.1. The number of ether oxygens (including phenoxy) is 5. The number of aliphatic carboxylic acids is 2. The number of carbonyl (C=O) groups is 17. The number of fused-ring (bicyclic) bond motifs is 5. The summed E-state index contributed by atoms with van der Waals surface area (Å²) < 4.78 is 30.8. The van der Waals surface area contributed by atoms with Crippen molar-refractivity contribution in [2.45, 2.75) is 251 Å². The molecule has 0 radical (unpaired) electrons. The third-order valence-electron chi connectivity index (χ3n) is 25.1. The average Bonchev–Trinajstić information content (AvgIpc) is 0.669. The predicted octanol–water partition coefficient (Wildman–Crippen LogP) is 4.08. The number of nitrogens with two attached hydrogens (primary N) is 2. The number of aliphatic hydroxyl groups is 3. The smallest absolute Gasteiger partial charge is 0.350 e. The molecule has 18 atom stereocenters. The highest BCUT2D eigenvalue weighted by Gasteiger charge is 2.77. The Bertz CT molecular complexity index is 4810. The first kappa shape index (κ1) is 109.